The predicted octanol–water partition coefficient (Wildman–Crippen LogP) is 3.49. The smallest absolute Gasteiger partial charge is 0.338 e. The molecule has 148 valence electrons. The number of ether oxygens (including phenoxy) is 3. The lowest BCUT2D eigenvalue weighted by Gasteiger charge is -2.11. The van der Waals surface area contributed by atoms with E-state index in [9.17, 15) is 14.0 Å². The molecule has 0 saturated carbocycles. The molecule has 0 aromatic heterocycles. The van der Waals surface area contributed by atoms with Crippen LogP contribution in [0.2, 0.25) is 0 Å². The first-order chi connectivity index (χ1) is 13.5. The van der Waals surface area contributed by atoms with Gasteiger partial charge in [-0.25, -0.2) is 9.18 Å². The number of carbonyl (C=O) groups is 2. The summed E-state index contributed by atoms with van der Waals surface area (Å²) in [5.41, 5.74) is 1.09. The van der Waals surface area contributed by atoms with Gasteiger partial charge in [0.1, 0.15) is 18.2 Å². The van der Waals surface area contributed by atoms with Crippen LogP contribution < -0.4 is 10.1 Å². The highest BCUT2D eigenvalue weighted by Gasteiger charge is 2.16. The fraction of sp³-hybridized carbons (Fsp3) is 0.333. The van der Waals surface area contributed by atoms with Gasteiger partial charge < -0.3 is 19.5 Å². The maximum atomic E-state index is 13.5. The standard InChI is InChI=1S/C21H22FNO5/c1-14-4-7-16(11-19(14)22)23-20(24)13-28-21(25)15-5-8-17(9-6-15)27-12-18-3-2-10-26-18/h4-9,11,18H,2-3,10,12-13H2,1H3,(H,23,24)/t18-/m1/s1. The van der Waals surface area contributed by atoms with Gasteiger partial charge in [-0.05, 0) is 61.7 Å². The van der Waals surface area contributed by atoms with Crippen molar-refractivity contribution >= 4 is 17.6 Å². The first-order valence-electron chi connectivity index (χ1n) is 9.09. The fourth-order valence-electron chi connectivity index (χ4n) is 2.73. The molecular formula is C21H22FNO5. The molecule has 1 heterocycles. The lowest BCUT2D eigenvalue weighted by molar-refractivity contribution is -0.119. The van der Waals surface area contributed by atoms with Crippen LogP contribution in [-0.2, 0) is 14.3 Å². The van der Waals surface area contributed by atoms with Crippen LogP contribution in [0.3, 0.4) is 0 Å². The molecule has 3 rings (SSSR count). The van der Waals surface area contributed by atoms with Crippen LogP contribution >= 0.6 is 0 Å². The Bertz CT molecular complexity index is 831. The van der Waals surface area contributed by atoms with Crippen molar-refractivity contribution in [1.82, 2.24) is 0 Å². The van der Waals surface area contributed by atoms with Gasteiger partial charge in [-0.2, -0.15) is 0 Å². The second-order valence-corrected chi connectivity index (χ2v) is 6.56. The van der Waals surface area contributed by atoms with Crippen molar-refractivity contribution in [3.8, 4) is 5.75 Å². The molecule has 0 unspecified atom stereocenters. The third-order valence-electron chi connectivity index (χ3n) is 4.34. The zero-order chi connectivity index (χ0) is 19.9. The molecule has 7 heteroatoms. The van der Waals surface area contributed by atoms with Crippen LogP contribution in [0.25, 0.3) is 0 Å². The molecule has 28 heavy (non-hydrogen) atoms. The van der Waals surface area contributed by atoms with Crippen LogP contribution in [0, 0.1) is 12.7 Å². The van der Waals surface area contributed by atoms with Gasteiger partial charge in [0.25, 0.3) is 5.91 Å². The molecule has 2 aromatic rings. The summed E-state index contributed by atoms with van der Waals surface area (Å²) in [6, 6.07) is 10.8. The zero-order valence-electron chi connectivity index (χ0n) is 15.6. The monoisotopic (exact) mass is 387 g/mol. The van der Waals surface area contributed by atoms with Crippen LogP contribution in [0.15, 0.2) is 42.5 Å². The van der Waals surface area contributed by atoms with E-state index in [0.29, 0.717) is 29.2 Å². The number of anilines is 1. The van der Waals surface area contributed by atoms with Crippen molar-refractivity contribution in [2.24, 2.45) is 0 Å². The Kier molecular flexibility index (Phi) is 6.60. The van der Waals surface area contributed by atoms with Crippen LogP contribution in [-0.4, -0.2) is 37.8 Å². The summed E-state index contributed by atoms with van der Waals surface area (Å²) in [6.45, 7) is 2.40. The largest absolute Gasteiger partial charge is 0.491 e. The van der Waals surface area contributed by atoms with Gasteiger partial charge in [0.15, 0.2) is 6.61 Å². The Morgan fingerprint density at radius 1 is 1.21 bits per heavy atom. The number of benzene rings is 2. The number of aryl methyl sites for hydroxylation is 1. The highest BCUT2D eigenvalue weighted by molar-refractivity contribution is 5.95. The molecule has 1 amide bonds. The van der Waals surface area contributed by atoms with Crippen molar-refractivity contribution in [2.75, 3.05) is 25.1 Å². The van der Waals surface area contributed by atoms with Crippen LogP contribution in [0.1, 0.15) is 28.8 Å². The Hall–Kier alpha value is -2.93. The molecule has 0 bridgehead atoms. The SMILES string of the molecule is Cc1ccc(NC(=O)COC(=O)c2ccc(OC[C@H]3CCCO3)cc2)cc1F. The van der Waals surface area contributed by atoms with E-state index in [-0.39, 0.29) is 6.10 Å². The van der Waals surface area contributed by atoms with Crippen LogP contribution in [0.5, 0.6) is 5.75 Å². The third kappa shape index (κ3) is 5.53. The number of hydrogen-bond donors (Lipinski definition) is 1. The van der Waals surface area contributed by atoms with Gasteiger partial charge >= 0.3 is 5.97 Å². The van der Waals surface area contributed by atoms with E-state index in [0.717, 1.165) is 19.4 Å². The zero-order valence-corrected chi connectivity index (χ0v) is 15.6. The number of nitrogens with one attached hydrogen (secondary N) is 1. The van der Waals surface area contributed by atoms with Gasteiger partial charge in [-0.1, -0.05) is 6.07 Å². The van der Waals surface area contributed by atoms with Crippen molar-refractivity contribution in [3.63, 3.8) is 0 Å². The van der Waals surface area contributed by atoms with Gasteiger partial charge in [-0.3, -0.25) is 4.79 Å². The Morgan fingerprint density at radius 2 is 2.00 bits per heavy atom. The minimum absolute atomic E-state index is 0.116. The second-order valence-electron chi connectivity index (χ2n) is 6.56. The van der Waals surface area contributed by atoms with E-state index in [1.165, 1.54) is 6.07 Å². The number of halogens is 1. The molecular weight excluding hydrogens is 365 g/mol. The number of rotatable bonds is 7. The van der Waals surface area contributed by atoms with E-state index in [1.54, 1.807) is 43.3 Å². The molecule has 0 aliphatic carbocycles. The van der Waals surface area contributed by atoms with Crippen LogP contribution in [0.4, 0.5) is 10.1 Å². The molecule has 1 fully saturated rings. The summed E-state index contributed by atoms with van der Waals surface area (Å²) in [6.07, 6.45) is 2.15. The molecule has 1 saturated heterocycles. The average Bonchev–Trinajstić information content (AvgIpc) is 3.21. The van der Waals surface area contributed by atoms with E-state index >= 15 is 0 Å². The third-order valence-corrected chi connectivity index (χ3v) is 4.34. The molecule has 1 aliphatic heterocycles. The summed E-state index contributed by atoms with van der Waals surface area (Å²) in [4.78, 5) is 23.9. The van der Waals surface area contributed by atoms with E-state index in [4.69, 9.17) is 14.2 Å². The van der Waals surface area contributed by atoms with Gasteiger partial charge in [0, 0.05) is 12.3 Å². The van der Waals surface area contributed by atoms with Crippen molar-refractivity contribution in [3.05, 3.63) is 59.4 Å². The van der Waals surface area contributed by atoms with Gasteiger partial charge in [0.05, 0.1) is 11.7 Å². The number of hydrogen-bond acceptors (Lipinski definition) is 5. The van der Waals surface area contributed by atoms with Gasteiger partial charge in [0.2, 0.25) is 0 Å². The molecule has 1 aliphatic rings. The molecule has 1 N–H and O–H groups in total. The normalized spacial score (nSPS) is 15.9. The van der Waals surface area contributed by atoms with E-state index in [2.05, 4.69) is 5.32 Å². The molecule has 0 spiro atoms. The maximum absolute atomic E-state index is 13.5. The topological polar surface area (TPSA) is 73.9 Å². The number of esters is 1. The first-order valence-corrected chi connectivity index (χ1v) is 9.09. The maximum Gasteiger partial charge on any atom is 0.338 e. The summed E-state index contributed by atoms with van der Waals surface area (Å²) >= 11 is 0. The molecule has 6 nitrogen and oxygen atoms in total. The van der Waals surface area contributed by atoms with Gasteiger partial charge in [-0.15, -0.1) is 0 Å². The molecule has 2 aromatic carbocycles. The second kappa shape index (κ2) is 9.32. The quantitative estimate of drug-likeness (QED) is 0.737. The van der Waals surface area contributed by atoms with E-state index in [1.807, 2.05) is 0 Å². The summed E-state index contributed by atoms with van der Waals surface area (Å²) in [7, 11) is 0. The van der Waals surface area contributed by atoms with Crippen molar-refractivity contribution in [2.45, 2.75) is 25.9 Å². The van der Waals surface area contributed by atoms with Crippen molar-refractivity contribution in [1.29, 1.82) is 0 Å². The van der Waals surface area contributed by atoms with E-state index < -0.39 is 24.3 Å². The minimum atomic E-state index is -0.629. The molecule has 0 radical (unpaired) electrons. The summed E-state index contributed by atoms with van der Waals surface area (Å²) < 4.78 is 29.6. The highest BCUT2D eigenvalue weighted by Crippen LogP contribution is 2.17. The minimum Gasteiger partial charge on any atom is -0.491 e. The number of carbonyl (C=O) groups excluding carboxylic acids is 2. The molecule has 1 atom stereocenters. The highest BCUT2D eigenvalue weighted by atomic mass is 19.1. The predicted molar refractivity (Wildman–Crippen MR) is 101 cm³/mol. The Balaban J connectivity index is 1.44. The summed E-state index contributed by atoms with van der Waals surface area (Å²) in [5.74, 6) is -0.966. The summed E-state index contributed by atoms with van der Waals surface area (Å²) in [5, 5.41) is 2.48. The Morgan fingerprint density at radius 3 is 2.68 bits per heavy atom. The lowest BCUT2D eigenvalue weighted by Crippen LogP contribution is -2.21. The Labute approximate surface area is 162 Å². The first kappa shape index (κ1) is 19.8. The van der Waals surface area contributed by atoms with Crippen molar-refractivity contribution < 1.29 is 28.2 Å². The fourth-order valence-corrected chi connectivity index (χ4v) is 2.73. The number of amides is 1. The average molecular weight is 387 g/mol. The lowest BCUT2D eigenvalue weighted by atomic mass is 10.2.